The van der Waals surface area contributed by atoms with Gasteiger partial charge in [-0.25, -0.2) is 9.97 Å². The van der Waals surface area contributed by atoms with Crippen LogP contribution in [0.1, 0.15) is 29.5 Å². The SMILES string of the molecule is C/C(=N/Nc1ncnc2sc3c(c12)CCC3)c1ccccn1. The number of aromatic nitrogens is 3. The lowest BCUT2D eigenvalue weighted by atomic mass is 10.2. The summed E-state index contributed by atoms with van der Waals surface area (Å²) in [6.45, 7) is 1.94. The molecule has 0 saturated heterocycles. The lowest BCUT2D eigenvalue weighted by Crippen LogP contribution is -2.03. The van der Waals surface area contributed by atoms with Gasteiger partial charge in [0, 0.05) is 11.1 Å². The molecule has 0 aliphatic heterocycles. The zero-order chi connectivity index (χ0) is 14.9. The molecule has 0 unspecified atom stereocenters. The molecule has 0 aromatic carbocycles. The van der Waals surface area contributed by atoms with Crippen LogP contribution in [-0.2, 0) is 12.8 Å². The fraction of sp³-hybridized carbons (Fsp3) is 0.250. The Bertz CT molecular complexity index is 854. The molecule has 0 amide bonds. The van der Waals surface area contributed by atoms with Gasteiger partial charge in [-0.3, -0.25) is 10.4 Å². The second kappa shape index (κ2) is 5.46. The maximum atomic E-state index is 4.44. The molecule has 4 rings (SSSR count). The molecule has 0 spiro atoms. The van der Waals surface area contributed by atoms with E-state index in [9.17, 15) is 0 Å². The van der Waals surface area contributed by atoms with E-state index < -0.39 is 0 Å². The molecule has 1 N–H and O–H groups in total. The number of hydrazone groups is 1. The van der Waals surface area contributed by atoms with E-state index in [4.69, 9.17) is 0 Å². The van der Waals surface area contributed by atoms with Crippen molar-refractivity contribution in [2.24, 2.45) is 5.10 Å². The molecule has 0 bridgehead atoms. The van der Waals surface area contributed by atoms with Gasteiger partial charge in [0.1, 0.15) is 11.2 Å². The van der Waals surface area contributed by atoms with E-state index in [1.165, 1.54) is 16.9 Å². The molecular formula is C16H15N5S. The van der Waals surface area contributed by atoms with Crippen molar-refractivity contribution in [3.63, 3.8) is 0 Å². The van der Waals surface area contributed by atoms with Crippen LogP contribution in [0.5, 0.6) is 0 Å². The number of nitrogens with one attached hydrogen (secondary N) is 1. The Balaban J connectivity index is 1.70. The second-order valence-electron chi connectivity index (χ2n) is 5.28. The topological polar surface area (TPSA) is 63.1 Å². The summed E-state index contributed by atoms with van der Waals surface area (Å²) >= 11 is 1.78. The molecule has 6 heteroatoms. The number of pyridine rings is 1. The molecule has 0 fully saturated rings. The van der Waals surface area contributed by atoms with Gasteiger partial charge in [0.15, 0.2) is 5.82 Å². The highest BCUT2D eigenvalue weighted by Gasteiger charge is 2.21. The summed E-state index contributed by atoms with van der Waals surface area (Å²) in [5.74, 6) is 0.791. The van der Waals surface area contributed by atoms with Crippen LogP contribution < -0.4 is 5.43 Å². The summed E-state index contributed by atoms with van der Waals surface area (Å²) in [4.78, 5) is 15.6. The molecule has 3 aromatic rings. The van der Waals surface area contributed by atoms with Gasteiger partial charge in [-0.2, -0.15) is 5.10 Å². The number of fused-ring (bicyclic) bond motifs is 3. The number of rotatable bonds is 3. The summed E-state index contributed by atoms with van der Waals surface area (Å²) in [6, 6.07) is 5.79. The number of hydrogen-bond donors (Lipinski definition) is 1. The highest BCUT2D eigenvalue weighted by molar-refractivity contribution is 7.19. The molecule has 3 heterocycles. The normalized spacial score (nSPS) is 14.3. The molecule has 0 saturated carbocycles. The average molecular weight is 309 g/mol. The molecule has 22 heavy (non-hydrogen) atoms. The molecule has 1 aliphatic rings. The van der Waals surface area contributed by atoms with Gasteiger partial charge >= 0.3 is 0 Å². The van der Waals surface area contributed by atoms with Crippen LogP contribution in [-0.4, -0.2) is 20.7 Å². The minimum absolute atomic E-state index is 0.791. The summed E-state index contributed by atoms with van der Waals surface area (Å²) in [5, 5.41) is 5.57. The van der Waals surface area contributed by atoms with Crippen LogP contribution in [0, 0.1) is 0 Å². The van der Waals surface area contributed by atoms with Crippen LogP contribution in [0.2, 0.25) is 0 Å². The Morgan fingerprint density at radius 2 is 2.18 bits per heavy atom. The Hall–Kier alpha value is -2.34. The van der Waals surface area contributed by atoms with Crippen molar-refractivity contribution in [1.29, 1.82) is 0 Å². The molecule has 1 aliphatic carbocycles. The second-order valence-corrected chi connectivity index (χ2v) is 6.37. The van der Waals surface area contributed by atoms with Gasteiger partial charge < -0.3 is 0 Å². The van der Waals surface area contributed by atoms with Crippen molar-refractivity contribution in [2.45, 2.75) is 26.2 Å². The third-order valence-corrected chi connectivity index (χ3v) is 5.07. The van der Waals surface area contributed by atoms with E-state index >= 15 is 0 Å². The predicted octanol–water partition coefficient (Wildman–Crippen LogP) is 3.41. The Morgan fingerprint density at radius 1 is 1.23 bits per heavy atom. The monoisotopic (exact) mass is 309 g/mol. The highest BCUT2D eigenvalue weighted by atomic mass is 32.1. The van der Waals surface area contributed by atoms with Crippen LogP contribution >= 0.6 is 11.3 Å². The van der Waals surface area contributed by atoms with Gasteiger partial charge in [-0.05, 0) is 43.9 Å². The minimum Gasteiger partial charge on any atom is -0.260 e. The third-order valence-electron chi connectivity index (χ3n) is 3.87. The Kier molecular flexibility index (Phi) is 3.31. The number of aryl methyl sites for hydroxylation is 2. The largest absolute Gasteiger partial charge is 0.260 e. The van der Waals surface area contributed by atoms with Gasteiger partial charge in [-0.15, -0.1) is 11.3 Å². The van der Waals surface area contributed by atoms with E-state index in [1.54, 1.807) is 23.9 Å². The van der Waals surface area contributed by atoms with Crippen LogP contribution in [0.3, 0.4) is 0 Å². The lowest BCUT2D eigenvalue weighted by Gasteiger charge is -2.04. The average Bonchev–Trinajstić information content (AvgIpc) is 3.14. The van der Waals surface area contributed by atoms with E-state index in [0.717, 1.165) is 40.3 Å². The summed E-state index contributed by atoms with van der Waals surface area (Å²) in [6.07, 6.45) is 6.86. The van der Waals surface area contributed by atoms with Crippen LogP contribution in [0.25, 0.3) is 10.2 Å². The van der Waals surface area contributed by atoms with Crippen molar-refractivity contribution < 1.29 is 0 Å². The molecule has 0 atom stereocenters. The fourth-order valence-corrected chi connectivity index (χ4v) is 4.01. The van der Waals surface area contributed by atoms with Gasteiger partial charge in [-0.1, -0.05) is 6.07 Å². The third kappa shape index (κ3) is 2.25. The Labute approximate surface area is 132 Å². The molecular weight excluding hydrogens is 294 g/mol. The van der Waals surface area contributed by atoms with E-state index in [1.807, 2.05) is 25.1 Å². The summed E-state index contributed by atoms with van der Waals surface area (Å²) < 4.78 is 0. The maximum Gasteiger partial charge on any atom is 0.158 e. The van der Waals surface area contributed by atoms with Crippen molar-refractivity contribution >= 4 is 33.1 Å². The summed E-state index contributed by atoms with van der Waals surface area (Å²) in [5.41, 5.74) is 6.19. The highest BCUT2D eigenvalue weighted by Crippen LogP contribution is 2.38. The summed E-state index contributed by atoms with van der Waals surface area (Å²) in [7, 11) is 0. The quantitative estimate of drug-likeness (QED) is 0.595. The zero-order valence-corrected chi connectivity index (χ0v) is 13.0. The fourth-order valence-electron chi connectivity index (χ4n) is 2.78. The van der Waals surface area contributed by atoms with Crippen molar-refractivity contribution in [3.8, 4) is 0 Å². The molecule has 110 valence electrons. The smallest absolute Gasteiger partial charge is 0.158 e. The number of thiophene rings is 1. The first kappa shape index (κ1) is 13.3. The van der Waals surface area contributed by atoms with E-state index in [2.05, 4.69) is 25.5 Å². The van der Waals surface area contributed by atoms with Crippen LogP contribution in [0.4, 0.5) is 5.82 Å². The first-order valence-electron chi connectivity index (χ1n) is 7.30. The Morgan fingerprint density at radius 3 is 3.05 bits per heavy atom. The van der Waals surface area contributed by atoms with E-state index in [-0.39, 0.29) is 0 Å². The van der Waals surface area contributed by atoms with Gasteiger partial charge in [0.05, 0.1) is 16.8 Å². The van der Waals surface area contributed by atoms with Crippen molar-refractivity contribution in [2.75, 3.05) is 5.43 Å². The van der Waals surface area contributed by atoms with Crippen molar-refractivity contribution in [3.05, 3.63) is 46.9 Å². The van der Waals surface area contributed by atoms with Gasteiger partial charge in [0.2, 0.25) is 0 Å². The van der Waals surface area contributed by atoms with Gasteiger partial charge in [0.25, 0.3) is 0 Å². The first-order valence-corrected chi connectivity index (χ1v) is 8.11. The zero-order valence-electron chi connectivity index (χ0n) is 12.2. The number of nitrogens with zero attached hydrogens (tertiary/aromatic N) is 4. The first-order chi connectivity index (χ1) is 10.8. The lowest BCUT2D eigenvalue weighted by molar-refractivity contribution is 0.917. The van der Waals surface area contributed by atoms with Crippen LogP contribution in [0.15, 0.2) is 35.8 Å². The predicted molar refractivity (Wildman–Crippen MR) is 89.5 cm³/mol. The molecule has 5 nitrogen and oxygen atoms in total. The standard InChI is InChI=1S/C16H15N5S/c1-10(12-6-2-3-8-17-12)20-21-15-14-11-5-4-7-13(11)22-16(14)19-9-18-15/h2-3,6,8-9H,4-5,7H2,1H3,(H,18,19,21)/b20-10-. The number of anilines is 1. The number of hydrogen-bond acceptors (Lipinski definition) is 6. The molecule has 3 aromatic heterocycles. The minimum atomic E-state index is 0.791. The van der Waals surface area contributed by atoms with E-state index in [0.29, 0.717) is 0 Å². The molecule has 0 radical (unpaired) electrons. The maximum absolute atomic E-state index is 4.44. The van der Waals surface area contributed by atoms with Crippen molar-refractivity contribution in [1.82, 2.24) is 15.0 Å².